The number of hydrogen-bond acceptors (Lipinski definition) is 2. The first kappa shape index (κ1) is 14.1. The Morgan fingerprint density at radius 2 is 1.84 bits per heavy atom. The third kappa shape index (κ3) is 2.68. The lowest BCUT2D eigenvalue weighted by molar-refractivity contribution is -0.122. The molecular formula is C13H11Cl2FN2O. The van der Waals surface area contributed by atoms with E-state index in [-0.39, 0.29) is 16.0 Å². The highest BCUT2D eigenvalue weighted by Crippen LogP contribution is 2.39. The van der Waals surface area contributed by atoms with Gasteiger partial charge in [-0.05, 0) is 25.0 Å². The summed E-state index contributed by atoms with van der Waals surface area (Å²) in [5, 5.41) is 11.4. The molecule has 0 saturated heterocycles. The van der Waals surface area contributed by atoms with Gasteiger partial charge in [0.25, 0.3) is 0 Å². The summed E-state index contributed by atoms with van der Waals surface area (Å²) < 4.78 is 13.3. The first-order chi connectivity index (χ1) is 8.98. The van der Waals surface area contributed by atoms with E-state index in [1.54, 1.807) is 0 Å². The molecule has 1 aliphatic rings. The number of amides is 1. The average Bonchev–Trinajstić information content (AvgIpc) is 2.85. The molecule has 0 atom stereocenters. The molecule has 0 unspecified atom stereocenters. The van der Waals surface area contributed by atoms with Crippen molar-refractivity contribution in [1.82, 2.24) is 0 Å². The van der Waals surface area contributed by atoms with Crippen LogP contribution < -0.4 is 5.32 Å². The van der Waals surface area contributed by atoms with Crippen molar-refractivity contribution in [3.63, 3.8) is 0 Å². The Labute approximate surface area is 120 Å². The SMILES string of the molecule is N#CC1(C(=O)Nc2cc(Cl)c(F)c(Cl)c2)CCCC1. The lowest BCUT2D eigenvalue weighted by Crippen LogP contribution is -2.32. The number of carbonyl (C=O) groups is 1. The molecule has 0 bridgehead atoms. The summed E-state index contributed by atoms with van der Waals surface area (Å²) in [7, 11) is 0. The summed E-state index contributed by atoms with van der Waals surface area (Å²) in [5.74, 6) is -1.11. The van der Waals surface area contributed by atoms with Gasteiger partial charge in [-0.2, -0.15) is 5.26 Å². The monoisotopic (exact) mass is 300 g/mol. The number of benzene rings is 1. The second-order valence-corrected chi connectivity index (χ2v) is 5.42. The summed E-state index contributed by atoms with van der Waals surface area (Å²) in [5.41, 5.74) is -0.698. The van der Waals surface area contributed by atoms with Crippen molar-refractivity contribution in [1.29, 1.82) is 5.26 Å². The number of nitrogens with one attached hydrogen (secondary N) is 1. The van der Waals surface area contributed by atoms with Crippen LogP contribution in [0.2, 0.25) is 10.0 Å². The van der Waals surface area contributed by atoms with Crippen LogP contribution in [0, 0.1) is 22.6 Å². The van der Waals surface area contributed by atoms with Gasteiger partial charge < -0.3 is 5.32 Å². The maximum Gasteiger partial charge on any atom is 0.244 e. The van der Waals surface area contributed by atoms with Gasteiger partial charge in [0.15, 0.2) is 5.82 Å². The first-order valence-electron chi connectivity index (χ1n) is 5.86. The van der Waals surface area contributed by atoms with Crippen molar-refractivity contribution >= 4 is 34.8 Å². The fourth-order valence-corrected chi connectivity index (χ4v) is 2.73. The quantitative estimate of drug-likeness (QED) is 0.834. The molecule has 1 fully saturated rings. The van der Waals surface area contributed by atoms with E-state index in [9.17, 15) is 14.4 Å². The Kier molecular flexibility index (Phi) is 3.98. The van der Waals surface area contributed by atoms with Crippen molar-refractivity contribution in [3.8, 4) is 6.07 Å². The molecule has 1 N–H and O–H groups in total. The summed E-state index contributed by atoms with van der Waals surface area (Å²) >= 11 is 11.3. The van der Waals surface area contributed by atoms with E-state index in [2.05, 4.69) is 11.4 Å². The Morgan fingerprint density at radius 1 is 1.32 bits per heavy atom. The van der Waals surface area contributed by atoms with Crippen LogP contribution >= 0.6 is 23.2 Å². The zero-order valence-electron chi connectivity index (χ0n) is 9.97. The zero-order valence-corrected chi connectivity index (χ0v) is 11.5. The topological polar surface area (TPSA) is 52.9 Å². The van der Waals surface area contributed by atoms with E-state index < -0.39 is 11.2 Å². The lowest BCUT2D eigenvalue weighted by atomic mass is 9.87. The molecule has 0 aliphatic heterocycles. The van der Waals surface area contributed by atoms with Gasteiger partial charge in [0, 0.05) is 5.69 Å². The molecule has 3 nitrogen and oxygen atoms in total. The molecule has 6 heteroatoms. The molecule has 2 rings (SSSR count). The number of hydrogen-bond donors (Lipinski definition) is 1. The second kappa shape index (κ2) is 5.36. The molecule has 0 radical (unpaired) electrons. The number of carbonyl (C=O) groups excluding carboxylic acids is 1. The largest absolute Gasteiger partial charge is 0.325 e. The number of anilines is 1. The van der Waals surface area contributed by atoms with Crippen molar-refractivity contribution in [2.24, 2.45) is 5.41 Å². The van der Waals surface area contributed by atoms with E-state index in [1.807, 2.05) is 0 Å². The molecule has 1 aromatic rings. The number of rotatable bonds is 2. The van der Waals surface area contributed by atoms with E-state index in [0.717, 1.165) is 12.8 Å². The molecule has 0 heterocycles. The minimum atomic E-state index is -0.993. The normalized spacial score (nSPS) is 16.9. The van der Waals surface area contributed by atoms with Gasteiger partial charge in [-0.15, -0.1) is 0 Å². The first-order valence-corrected chi connectivity index (χ1v) is 6.61. The van der Waals surface area contributed by atoms with Crippen LogP contribution in [-0.4, -0.2) is 5.91 Å². The van der Waals surface area contributed by atoms with Crippen LogP contribution in [0.5, 0.6) is 0 Å². The molecule has 100 valence electrons. The standard InChI is InChI=1S/C13H11Cl2FN2O/c14-9-5-8(6-10(15)11(9)16)18-12(19)13(7-17)3-1-2-4-13/h5-6H,1-4H2,(H,18,19). The fraction of sp³-hybridized carbons (Fsp3) is 0.385. The second-order valence-electron chi connectivity index (χ2n) is 4.61. The summed E-state index contributed by atoms with van der Waals surface area (Å²) in [6, 6.07) is 4.64. The van der Waals surface area contributed by atoms with Gasteiger partial charge in [-0.1, -0.05) is 36.0 Å². The highest BCUT2D eigenvalue weighted by molar-refractivity contribution is 6.35. The highest BCUT2D eigenvalue weighted by atomic mass is 35.5. The predicted octanol–water partition coefficient (Wildman–Crippen LogP) is 4.15. The molecular weight excluding hydrogens is 290 g/mol. The van der Waals surface area contributed by atoms with Gasteiger partial charge in [0.05, 0.1) is 16.1 Å². The minimum absolute atomic E-state index is 0.166. The Balaban J connectivity index is 2.22. The van der Waals surface area contributed by atoms with Crippen LogP contribution in [-0.2, 0) is 4.79 Å². The Bertz CT molecular complexity index is 539. The molecule has 1 aliphatic carbocycles. The van der Waals surface area contributed by atoms with Crippen LogP contribution in [0.4, 0.5) is 10.1 Å². The minimum Gasteiger partial charge on any atom is -0.325 e. The van der Waals surface area contributed by atoms with Gasteiger partial charge in [0.2, 0.25) is 5.91 Å². The maximum atomic E-state index is 13.3. The highest BCUT2D eigenvalue weighted by Gasteiger charge is 2.41. The van der Waals surface area contributed by atoms with Crippen molar-refractivity contribution in [3.05, 3.63) is 28.0 Å². The maximum absolute atomic E-state index is 13.3. The molecule has 1 saturated carbocycles. The number of halogens is 3. The van der Waals surface area contributed by atoms with Crippen LogP contribution in [0.1, 0.15) is 25.7 Å². The Hall–Kier alpha value is -1.31. The van der Waals surface area contributed by atoms with Gasteiger partial charge in [0.1, 0.15) is 5.41 Å². The summed E-state index contributed by atoms with van der Waals surface area (Å²) in [4.78, 5) is 12.2. The molecule has 1 amide bonds. The predicted molar refractivity (Wildman–Crippen MR) is 71.6 cm³/mol. The summed E-state index contributed by atoms with van der Waals surface area (Å²) in [6.07, 6.45) is 2.79. The summed E-state index contributed by atoms with van der Waals surface area (Å²) in [6.45, 7) is 0. The third-order valence-corrected chi connectivity index (χ3v) is 3.90. The van der Waals surface area contributed by atoms with Gasteiger partial charge in [-0.3, -0.25) is 4.79 Å². The number of nitriles is 1. The average molecular weight is 301 g/mol. The van der Waals surface area contributed by atoms with E-state index in [0.29, 0.717) is 18.5 Å². The van der Waals surface area contributed by atoms with Crippen LogP contribution in [0.3, 0.4) is 0 Å². The van der Waals surface area contributed by atoms with E-state index >= 15 is 0 Å². The molecule has 0 aromatic heterocycles. The third-order valence-electron chi connectivity index (χ3n) is 3.35. The van der Waals surface area contributed by atoms with Gasteiger partial charge in [-0.25, -0.2) is 4.39 Å². The molecule has 19 heavy (non-hydrogen) atoms. The zero-order chi connectivity index (χ0) is 14.0. The van der Waals surface area contributed by atoms with Gasteiger partial charge >= 0.3 is 0 Å². The smallest absolute Gasteiger partial charge is 0.244 e. The van der Waals surface area contributed by atoms with Crippen molar-refractivity contribution in [2.75, 3.05) is 5.32 Å². The van der Waals surface area contributed by atoms with E-state index in [4.69, 9.17) is 23.2 Å². The van der Waals surface area contributed by atoms with Crippen LogP contribution in [0.25, 0.3) is 0 Å². The lowest BCUT2D eigenvalue weighted by Gasteiger charge is -2.19. The Morgan fingerprint density at radius 3 is 2.32 bits per heavy atom. The number of nitrogens with zero attached hydrogens (tertiary/aromatic N) is 1. The molecule has 1 aromatic carbocycles. The molecule has 0 spiro atoms. The van der Waals surface area contributed by atoms with Crippen molar-refractivity contribution < 1.29 is 9.18 Å². The van der Waals surface area contributed by atoms with Crippen molar-refractivity contribution in [2.45, 2.75) is 25.7 Å². The van der Waals surface area contributed by atoms with E-state index in [1.165, 1.54) is 12.1 Å². The fourth-order valence-electron chi connectivity index (χ4n) is 2.25. The van der Waals surface area contributed by atoms with Crippen LogP contribution in [0.15, 0.2) is 12.1 Å².